The topological polar surface area (TPSA) is 47.6 Å². The molecule has 0 aliphatic heterocycles. The van der Waals surface area contributed by atoms with Crippen molar-refractivity contribution < 1.29 is 0 Å². The molecule has 0 aromatic carbocycles. The minimum absolute atomic E-state index is 0.133. The fourth-order valence-electron chi connectivity index (χ4n) is 0.292. The number of rotatable bonds is 1. The first-order chi connectivity index (χ1) is 4.35. The maximum Gasteiger partial charge on any atom is 0.129 e. The average molecular weight is 118 g/mol. The molecule has 0 rings (SSSR count). The van der Waals surface area contributed by atoms with Crippen molar-refractivity contribution in [2.45, 2.75) is 6.92 Å². The van der Waals surface area contributed by atoms with Crippen molar-refractivity contribution in [1.29, 1.82) is 10.5 Å². The van der Waals surface area contributed by atoms with Crippen LogP contribution >= 0.6 is 0 Å². The molecule has 2 nitrogen and oxygen atoms in total. The van der Waals surface area contributed by atoms with E-state index in [0.717, 1.165) is 0 Å². The Morgan fingerprint density at radius 1 is 1.33 bits per heavy atom. The SMILES string of the molecule is C/C=C/C=C(C#N)C#N. The van der Waals surface area contributed by atoms with Gasteiger partial charge in [0.2, 0.25) is 0 Å². The van der Waals surface area contributed by atoms with Crippen molar-refractivity contribution in [1.82, 2.24) is 0 Å². The first kappa shape index (κ1) is 7.46. The highest BCUT2D eigenvalue weighted by atomic mass is 14.3. The van der Waals surface area contributed by atoms with Crippen LogP contribution in [0, 0.1) is 22.7 Å². The van der Waals surface area contributed by atoms with E-state index >= 15 is 0 Å². The second-order valence-electron chi connectivity index (χ2n) is 1.33. The van der Waals surface area contributed by atoms with Gasteiger partial charge in [0, 0.05) is 0 Å². The van der Waals surface area contributed by atoms with Crippen LogP contribution in [0.3, 0.4) is 0 Å². The van der Waals surface area contributed by atoms with Gasteiger partial charge in [0.1, 0.15) is 17.7 Å². The van der Waals surface area contributed by atoms with E-state index in [4.69, 9.17) is 10.5 Å². The number of nitriles is 2. The standard InChI is InChI=1S/C7H6N2/c1-2-3-4-7(5-8)6-9/h2-4H,1H3/b3-2+. The van der Waals surface area contributed by atoms with E-state index in [2.05, 4.69) is 0 Å². The van der Waals surface area contributed by atoms with Gasteiger partial charge in [0.05, 0.1) is 0 Å². The van der Waals surface area contributed by atoms with Gasteiger partial charge in [-0.05, 0) is 13.0 Å². The predicted molar refractivity (Wildman–Crippen MR) is 34.1 cm³/mol. The molecule has 0 saturated carbocycles. The summed E-state index contributed by atoms with van der Waals surface area (Å²) in [7, 11) is 0. The van der Waals surface area contributed by atoms with Gasteiger partial charge < -0.3 is 0 Å². The van der Waals surface area contributed by atoms with Crippen LogP contribution in [0.25, 0.3) is 0 Å². The van der Waals surface area contributed by atoms with Crippen molar-refractivity contribution >= 4 is 0 Å². The van der Waals surface area contributed by atoms with Gasteiger partial charge in [0.15, 0.2) is 0 Å². The quantitative estimate of drug-likeness (QED) is 0.387. The van der Waals surface area contributed by atoms with Crippen molar-refractivity contribution in [3.05, 3.63) is 23.8 Å². The Bertz CT molecular complexity index is 194. The number of hydrogen-bond donors (Lipinski definition) is 0. The molecular weight excluding hydrogens is 112 g/mol. The smallest absolute Gasteiger partial charge is 0.129 e. The summed E-state index contributed by atoms with van der Waals surface area (Å²) in [6, 6.07) is 3.47. The number of allylic oxidation sites excluding steroid dienone is 4. The third-order valence-corrected chi connectivity index (χ3v) is 0.696. The second kappa shape index (κ2) is 4.61. The first-order valence-electron chi connectivity index (χ1n) is 2.48. The Morgan fingerprint density at radius 2 is 1.89 bits per heavy atom. The lowest BCUT2D eigenvalue weighted by atomic mass is 10.3. The van der Waals surface area contributed by atoms with Gasteiger partial charge >= 0.3 is 0 Å². The monoisotopic (exact) mass is 118 g/mol. The average Bonchev–Trinajstić information content (AvgIpc) is 1.91. The molecule has 0 fully saturated rings. The van der Waals surface area contributed by atoms with Crippen LogP contribution in [0.2, 0.25) is 0 Å². The molecule has 0 amide bonds. The molecule has 0 N–H and O–H groups in total. The third kappa shape index (κ3) is 3.08. The predicted octanol–water partition coefficient (Wildman–Crippen LogP) is 1.54. The molecule has 0 aromatic heterocycles. The van der Waals surface area contributed by atoms with E-state index < -0.39 is 0 Å². The van der Waals surface area contributed by atoms with Crippen molar-refractivity contribution in [2.75, 3.05) is 0 Å². The zero-order valence-electron chi connectivity index (χ0n) is 5.13. The highest BCUT2D eigenvalue weighted by Gasteiger charge is 1.83. The van der Waals surface area contributed by atoms with Crippen LogP contribution in [0.1, 0.15) is 6.92 Å². The first-order valence-corrected chi connectivity index (χ1v) is 2.48. The fourth-order valence-corrected chi connectivity index (χ4v) is 0.292. The van der Waals surface area contributed by atoms with E-state index in [1.807, 2.05) is 6.92 Å². The van der Waals surface area contributed by atoms with Gasteiger partial charge in [-0.1, -0.05) is 12.2 Å². The fraction of sp³-hybridized carbons (Fsp3) is 0.143. The minimum Gasteiger partial charge on any atom is -0.192 e. The van der Waals surface area contributed by atoms with Gasteiger partial charge in [-0.3, -0.25) is 0 Å². The zero-order valence-corrected chi connectivity index (χ0v) is 5.13. The molecule has 0 aromatic rings. The molecule has 0 heterocycles. The van der Waals surface area contributed by atoms with E-state index in [0.29, 0.717) is 0 Å². The molecule has 0 atom stereocenters. The van der Waals surface area contributed by atoms with Crippen LogP contribution in [0.5, 0.6) is 0 Å². The molecule has 0 bridgehead atoms. The van der Waals surface area contributed by atoms with Crippen molar-refractivity contribution in [2.24, 2.45) is 0 Å². The molecule has 9 heavy (non-hydrogen) atoms. The lowest BCUT2D eigenvalue weighted by Crippen LogP contribution is -1.66. The molecule has 2 heteroatoms. The Morgan fingerprint density at radius 3 is 2.22 bits per heavy atom. The maximum absolute atomic E-state index is 8.18. The number of hydrogen-bond acceptors (Lipinski definition) is 2. The maximum atomic E-state index is 8.18. The summed E-state index contributed by atoms with van der Waals surface area (Å²) in [4.78, 5) is 0. The summed E-state index contributed by atoms with van der Waals surface area (Å²) in [6.45, 7) is 1.82. The molecule has 0 saturated heterocycles. The normalized spacial score (nSPS) is 7.89. The molecule has 0 aliphatic rings. The Labute approximate surface area is 54.3 Å². The van der Waals surface area contributed by atoms with Crippen LogP contribution in [-0.2, 0) is 0 Å². The van der Waals surface area contributed by atoms with Gasteiger partial charge in [-0.25, -0.2) is 0 Å². The van der Waals surface area contributed by atoms with Gasteiger partial charge in [-0.15, -0.1) is 0 Å². The lowest BCUT2D eigenvalue weighted by molar-refractivity contribution is 1.46. The Balaban J connectivity index is 4.18. The summed E-state index contributed by atoms with van der Waals surface area (Å²) in [5.74, 6) is 0. The number of nitrogens with zero attached hydrogens (tertiary/aromatic N) is 2. The molecule has 44 valence electrons. The summed E-state index contributed by atoms with van der Waals surface area (Å²) >= 11 is 0. The summed E-state index contributed by atoms with van der Waals surface area (Å²) in [5.41, 5.74) is 0.133. The zero-order chi connectivity index (χ0) is 7.11. The third-order valence-electron chi connectivity index (χ3n) is 0.696. The van der Waals surface area contributed by atoms with Crippen LogP contribution in [-0.4, -0.2) is 0 Å². The second-order valence-corrected chi connectivity index (χ2v) is 1.33. The van der Waals surface area contributed by atoms with Gasteiger partial charge in [-0.2, -0.15) is 10.5 Å². The van der Waals surface area contributed by atoms with E-state index in [1.54, 1.807) is 24.3 Å². The highest BCUT2D eigenvalue weighted by molar-refractivity contribution is 5.37. The Kier molecular flexibility index (Phi) is 3.83. The van der Waals surface area contributed by atoms with Crippen molar-refractivity contribution in [3.63, 3.8) is 0 Å². The summed E-state index contributed by atoms with van der Waals surface area (Å²) in [5, 5.41) is 16.4. The van der Waals surface area contributed by atoms with E-state index in [1.165, 1.54) is 6.08 Å². The highest BCUT2D eigenvalue weighted by Crippen LogP contribution is 1.88. The minimum atomic E-state index is 0.133. The summed E-state index contributed by atoms with van der Waals surface area (Å²) in [6.07, 6.45) is 4.89. The van der Waals surface area contributed by atoms with Crippen LogP contribution in [0.4, 0.5) is 0 Å². The molecule has 0 radical (unpaired) electrons. The van der Waals surface area contributed by atoms with Crippen LogP contribution in [0.15, 0.2) is 23.8 Å². The molecular formula is C7H6N2. The van der Waals surface area contributed by atoms with Crippen molar-refractivity contribution in [3.8, 4) is 12.1 Å². The largest absolute Gasteiger partial charge is 0.192 e. The van der Waals surface area contributed by atoms with E-state index in [-0.39, 0.29) is 5.57 Å². The van der Waals surface area contributed by atoms with E-state index in [9.17, 15) is 0 Å². The Hall–Kier alpha value is -1.54. The molecule has 0 spiro atoms. The van der Waals surface area contributed by atoms with Crippen LogP contribution < -0.4 is 0 Å². The lowest BCUT2D eigenvalue weighted by Gasteiger charge is -1.72. The summed E-state index contributed by atoms with van der Waals surface area (Å²) < 4.78 is 0. The van der Waals surface area contributed by atoms with Gasteiger partial charge in [0.25, 0.3) is 0 Å². The molecule has 0 unspecified atom stereocenters. The molecule has 0 aliphatic carbocycles.